The molecule has 1 aromatic carbocycles. The summed E-state index contributed by atoms with van der Waals surface area (Å²) in [6, 6.07) is 11.3. The van der Waals surface area contributed by atoms with E-state index in [1.807, 2.05) is 36.1 Å². The van der Waals surface area contributed by atoms with Crippen molar-refractivity contribution in [3.8, 4) is 5.75 Å². The number of furan rings is 1. The average Bonchev–Trinajstić information content (AvgIpc) is 3.02. The lowest BCUT2D eigenvalue weighted by Gasteiger charge is -2.33. The standard InChI is InChI=1S/C17H19BrN2O3/c1-12-10-19-7-8-20(12)17(21)16-6-5-15(23-16)11-22-14-4-2-3-13(18)9-14/h2-6,9,12,19H,7-8,10-11H2,1H3/t12-/m1/s1. The largest absolute Gasteiger partial charge is 0.486 e. The summed E-state index contributed by atoms with van der Waals surface area (Å²) in [5.74, 6) is 1.69. The van der Waals surface area contributed by atoms with Crippen LogP contribution in [0.5, 0.6) is 5.75 Å². The summed E-state index contributed by atoms with van der Waals surface area (Å²) in [6.45, 7) is 4.65. The van der Waals surface area contributed by atoms with Gasteiger partial charge in [0, 0.05) is 30.1 Å². The van der Waals surface area contributed by atoms with Gasteiger partial charge in [-0.25, -0.2) is 0 Å². The molecule has 1 aliphatic heterocycles. The van der Waals surface area contributed by atoms with Crippen LogP contribution in [0.15, 0.2) is 45.3 Å². The summed E-state index contributed by atoms with van der Waals surface area (Å²) < 4.78 is 12.3. The van der Waals surface area contributed by atoms with Gasteiger partial charge in [-0.1, -0.05) is 22.0 Å². The SMILES string of the molecule is C[C@@H]1CNCCN1C(=O)c1ccc(COc2cccc(Br)c2)o1. The van der Waals surface area contributed by atoms with Gasteiger partial charge in [0.15, 0.2) is 5.76 Å². The van der Waals surface area contributed by atoms with Crippen molar-refractivity contribution in [1.82, 2.24) is 10.2 Å². The fourth-order valence-corrected chi connectivity index (χ4v) is 2.94. The third kappa shape index (κ3) is 3.95. The van der Waals surface area contributed by atoms with E-state index in [1.165, 1.54) is 0 Å². The number of hydrogen-bond donors (Lipinski definition) is 1. The van der Waals surface area contributed by atoms with Crippen molar-refractivity contribution in [3.63, 3.8) is 0 Å². The minimum absolute atomic E-state index is 0.0623. The lowest BCUT2D eigenvalue weighted by molar-refractivity contribution is 0.0619. The molecule has 6 heteroatoms. The summed E-state index contributed by atoms with van der Waals surface area (Å²) in [5.41, 5.74) is 0. The van der Waals surface area contributed by atoms with Crippen molar-refractivity contribution in [1.29, 1.82) is 0 Å². The monoisotopic (exact) mass is 378 g/mol. The first-order valence-corrected chi connectivity index (χ1v) is 8.41. The van der Waals surface area contributed by atoms with Gasteiger partial charge in [-0.05, 0) is 37.3 Å². The van der Waals surface area contributed by atoms with Crippen LogP contribution in [0.3, 0.4) is 0 Å². The second kappa shape index (κ2) is 7.19. The van der Waals surface area contributed by atoms with Gasteiger partial charge in [0.2, 0.25) is 0 Å². The van der Waals surface area contributed by atoms with Crippen molar-refractivity contribution in [2.75, 3.05) is 19.6 Å². The molecule has 1 saturated heterocycles. The Labute approximate surface area is 143 Å². The second-order valence-electron chi connectivity index (χ2n) is 5.56. The third-order valence-corrected chi connectivity index (χ3v) is 4.31. The maximum Gasteiger partial charge on any atom is 0.289 e. The molecule has 3 rings (SSSR count). The molecule has 1 atom stereocenters. The molecule has 1 N–H and O–H groups in total. The highest BCUT2D eigenvalue weighted by atomic mass is 79.9. The van der Waals surface area contributed by atoms with Gasteiger partial charge >= 0.3 is 0 Å². The summed E-state index contributed by atoms with van der Waals surface area (Å²) >= 11 is 3.40. The fourth-order valence-electron chi connectivity index (χ4n) is 2.57. The van der Waals surface area contributed by atoms with E-state index in [4.69, 9.17) is 9.15 Å². The molecule has 2 heterocycles. The smallest absolute Gasteiger partial charge is 0.289 e. The zero-order valence-corrected chi connectivity index (χ0v) is 14.5. The molecule has 2 aromatic rings. The topological polar surface area (TPSA) is 54.7 Å². The number of hydrogen-bond acceptors (Lipinski definition) is 4. The van der Waals surface area contributed by atoms with Crippen molar-refractivity contribution in [3.05, 3.63) is 52.4 Å². The fraction of sp³-hybridized carbons (Fsp3) is 0.353. The first-order chi connectivity index (χ1) is 11.1. The van der Waals surface area contributed by atoms with E-state index in [1.54, 1.807) is 12.1 Å². The van der Waals surface area contributed by atoms with E-state index >= 15 is 0 Å². The maximum atomic E-state index is 12.5. The molecule has 0 bridgehead atoms. The molecule has 122 valence electrons. The third-order valence-electron chi connectivity index (χ3n) is 3.81. The zero-order valence-electron chi connectivity index (χ0n) is 12.9. The minimum atomic E-state index is -0.0623. The average molecular weight is 379 g/mol. The minimum Gasteiger partial charge on any atom is -0.486 e. The van der Waals surface area contributed by atoms with Gasteiger partial charge in [-0.2, -0.15) is 0 Å². The number of carbonyl (C=O) groups is 1. The number of piperazine rings is 1. The van der Waals surface area contributed by atoms with Crippen molar-refractivity contribution in [2.45, 2.75) is 19.6 Å². The van der Waals surface area contributed by atoms with Crippen LogP contribution in [0.2, 0.25) is 0 Å². The van der Waals surface area contributed by atoms with E-state index < -0.39 is 0 Å². The Balaban J connectivity index is 1.62. The molecule has 0 unspecified atom stereocenters. The van der Waals surface area contributed by atoms with Crippen LogP contribution < -0.4 is 10.1 Å². The van der Waals surface area contributed by atoms with Crippen LogP contribution in [0.1, 0.15) is 23.2 Å². The predicted octanol–water partition coefficient (Wildman–Crippen LogP) is 3.06. The Morgan fingerprint density at radius 2 is 2.30 bits per heavy atom. The van der Waals surface area contributed by atoms with Gasteiger partial charge < -0.3 is 19.4 Å². The molecular formula is C17H19BrN2O3. The molecule has 23 heavy (non-hydrogen) atoms. The number of halogens is 1. The highest BCUT2D eigenvalue weighted by Crippen LogP contribution is 2.20. The molecular weight excluding hydrogens is 360 g/mol. The summed E-state index contributed by atoms with van der Waals surface area (Å²) in [6.07, 6.45) is 0. The van der Waals surface area contributed by atoms with E-state index in [-0.39, 0.29) is 11.9 Å². The molecule has 1 fully saturated rings. The second-order valence-corrected chi connectivity index (χ2v) is 6.48. The van der Waals surface area contributed by atoms with Crippen LogP contribution in [-0.4, -0.2) is 36.5 Å². The Kier molecular flexibility index (Phi) is 5.03. The van der Waals surface area contributed by atoms with Crippen LogP contribution in [-0.2, 0) is 6.61 Å². The molecule has 1 aliphatic rings. The van der Waals surface area contributed by atoms with Crippen LogP contribution in [0.25, 0.3) is 0 Å². The number of nitrogens with zero attached hydrogens (tertiary/aromatic N) is 1. The van der Waals surface area contributed by atoms with Crippen molar-refractivity contribution >= 4 is 21.8 Å². The Morgan fingerprint density at radius 1 is 1.43 bits per heavy atom. The molecule has 1 aromatic heterocycles. The quantitative estimate of drug-likeness (QED) is 0.887. The predicted molar refractivity (Wildman–Crippen MR) is 90.6 cm³/mol. The van der Waals surface area contributed by atoms with Gasteiger partial charge in [0.05, 0.1) is 0 Å². The number of ether oxygens (including phenoxy) is 1. The molecule has 5 nitrogen and oxygen atoms in total. The first-order valence-electron chi connectivity index (χ1n) is 7.62. The zero-order chi connectivity index (χ0) is 16.2. The Morgan fingerprint density at radius 3 is 3.09 bits per heavy atom. The molecule has 0 spiro atoms. The number of rotatable bonds is 4. The van der Waals surface area contributed by atoms with Gasteiger partial charge in [0.1, 0.15) is 18.1 Å². The highest BCUT2D eigenvalue weighted by Gasteiger charge is 2.26. The van der Waals surface area contributed by atoms with Crippen LogP contribution in [0.4, 0.5) is 0 Å². The lowest BCUT2D eigenvalue weighted by atomic mass is 10.2. The van der Waals surface area contributed by atoms with E-state index in [0.717, 1.165) is 23.3 Å². The molecule has 0 radical (unpaired) electrons. The number of carbonyl (C=O) groups excluding carboxylic acids is 1. The van der Waals surface area contributed by atoms with Crippen LogP contribution in [0, 0.1) is 0 Å². The summed E-state index contributed by atoms with van der Waals surface area (Å²) in [7, 11) is 0. The normalized spacial score (nSPS) is 18.0. The van der Waals surface area contributed by atoms with Crippen molar-refractivity contribution in [2.24, 2.45) is 0 Å². The Bertz CT molecular complexity index is 686. The lowest BCUT2D eigenvalue weighted by Crippen LogP contribution is -2.52. The van der Waals surface area contributed by atoms with Gasteiger partial charge in [-0.15, -0.1) is 0 Å². The van der Waals surface area contributed by atoms with E-state index in [2.05, 4.69) is 21.2 Å². The molecule has 1 amide bonds. The number of nitrogens with one attached hydrogen (secondary N) is 1. The van der Waals surface area contributed by atoms with Crippen molar-refractivity contribution < 1.29 is 13.9 Å². The highest BCUT2D eigenvalue weighted by molar-refractivity contribution is 9.10. The first kappa shape index (κ1) is 16.1. The van der Waals surface area contributed by atoms with E-state index in [9.17, 15) is 4.79 Å². The van der Waals surface area contributed by atoms with Crippen LogP contribution >= 0.6 is 15.9 Å². The van der Waals surface area contributed by atoms with Gasteiger partial charge in [-0.3, -0.25) is 4.79 Å². The Hall–Kier alpha value is -1.79. The molecule has 0 aliphatic carbocycles. The molecule has 0 saturated carbocycles. The summed E-state index contributed by atoms with van der Waals surface area (Å²) in [4.78, 5) is 14.3. The number of benzene rings is 1. The van der Waals surface area contributed by atoms with E-state index in [0.29, 0.717) is 24.7 Å². The number of amides is 1. The van der Waals surface area contributed by atoms with Gasteiger partial charge in [0.25, 0.3) is 5.91 Å². The summed E-state index contributed by atoms with van der Waals surface area (Å²) in [5, 5.41) is 3.27. The maximum absolute atomic E-state index is 12.5.